The zero-order chi connectivity index (χ0) is 8.65. The van der Waals surface area contributed by atoms with Crippen molar-refractivity contribution in [1.82, 2.24) is 0 Å². The van der Waals surface area contributed by atoms with Gasteiger partial charge in [0.25, 0.3) is 0 Å². The van der Waals surface area contributed by atoms with E-state index in [4.69, 9.17) is 0 Å². The average Bonchev–Trinajstić information content (AvgIpc) is 1.80. The van der Waals surface area contributed by atoms with Crippen LogP contribution in [-0.4, -0.2) is 4.83 Å². The molecule has 0 aromatic heterocycles. The van der Waals surface area contributed by atoms with Gasteiger partial charge < -0.3 is 0 Å². The van der Waals surface area contributed by atoms with Gasteiger partial charge in [0.15, 0.2) is 0 Å². The molecule has 1 atom stereocenters. The molecular formula is C10H19Br. The highest BCUT2D eigenvalue weighted by molar-refractivity contribution is 9.09. The second-order valence-corrected chi connectivity index (χ2v) is 6.08. The molecule has 0 aliphatic heterocycles. The Morgan fingerprint density at radius 3 is 2.00 bits per heavy atom. The Kier molecular flexibility index (Phi) is 2.68. The fraction of sp³-hybridized carbons (Fsp3) is 1.00. The molecule has 1 heteroatoms. The van der Waals surface area contributed by atoms with Gasteiger partial charge >= 0.3 is 0 Å². The van der Waals surface area contributed by atoms with Gasteiger partial charge in [0.1, 0.15) is 0 Å². The van der Waals surface area contributed by atoms with Crippen molar-refractivity contribution < 1.29 is 0 Å². The summed E-state index contributed by atoms with van der Waals surface area (Å²) >= 11 is 3.77. The highest BCUT2D eigenvalue weighted by atomic mass is 79.9. The van der Waals surface area contributed by atoms with Gasteiger partial charge in [-0.1, -0.05) is 43.6 Å². The molecule has 0 amide bonds. The van der Waals surface area contributed by atoms with Crippen LogP contribution >= 0.6 is 15.9 Å². The molecule has 0 aromatic rings. The van der Waals surface area contributed by atoms with Gasteiger partial charge in [-0.25, -0.2) is 0 Å². The Morgan fingerprint density at radius 1 is 1.27 bits per heavy atom. The van der Waals surface area contributed by atoms with Crippen LogP contribution in [0.4, 0.5) is 0 Å². The summed E-state index contributed by atoms with van der Waals surface area (Å²) in [6, 6.07) is 0. The first-order valence-corrected chi connectivity index (χ1v) is 5.48. The summed E-state index contributed by atoms with van der Waals surface area (Å²) in [6.45, 7) is 9.32. The van der Waals surface area contributed by atoms with Crippen LogP contribution in [0.5, 0.6) is 0 Å². The first-order chi connectivity index (χ1) is 4.92. The van der Waals surface area contributed by atoms with Crippen molar-refractivity contribution in [2.24, 2.45) is 17.3 Å². The first-order valence-electron chi connectivity index (χ1n) is 4.56. The van der Waals surface area contributed by atoms with Crippen LogP contribution in [0.15, 0.2) is 0 Å². The molecule has 66 valence electrons. The Hall–Kier alpha value is 0.480. The van der Waals surface area contributed by atoms with Crippen molar-refractivity contribution in [3.05, 3.63) is 0 Å². The van der Waals surface area contributed by atoms with Crippen LogP contribution in [0.1, 0.15) is 40.5 Å². The van der Waals surface area contributed by atoms with Crippen molar-refractivity contribution in [1.29, 1.82) is 0 Å². The molecule has 0 saturated heterocycles. The molecule has 11 heavy (non-hydrogen) atoms. The van der Waals surface area contributed by atoms with E-state index in [9.17, 15) is 0 Å². The summed E-state index contributed by atoms with van der Waals surface area (Å²) in [4.78, 5) is 0.746. The van der Waals surface area contributed by atoms with Gasteiger partial charge in [-0.05, 0) is 30.1 Å². The van der Waals surface area contributed by atoms with Crippen molar-refractivity contribution in [2.45, 2.75) is 45.4 Å². The monoisotopic (exact) mass is 218 g/mol. The summed E-state index contributed by atoms with van der Waals surface area (Å²) in [5.74, 6) is 1.72. The third-order valence-corrected chi connectivity index (χ3v) is 4.52. The first kappa shape index (κ1) is 9.57. The number of alkyl halides is 1. The van der Waals surface area contributed by atoms with E-state index in [1.54, 1.807) is 0 Å². The van der Waals surface area contributed by atoms with Crippen LogP contribution < -0.4 is 0 Å². The summed E-state index contributed by atoms with van der Waals surface area (Å²) in [6.07, 6.45) is 2.81. The van der Waals surface area contributed by atoms with Gasteiger partial charge in [0, 0.05) is 4.83 Å². The summed E-state index contributed by atoms with van der Waals surface area (Å²) in [5.41, 5.74) is 0.631. The molecule has 1 rings (SSSR count). The Balaban J connectivity index is 2.32. The fourth-order valence-corrected chi connectivity index (χ4v) is 2.50. The second kappa shape index (κ2) is 3.08. The molecule has 0 nitrogen and oxygen atoms in total. The average molecular weight is 219 g/mol. The third kappa shape index (κ3) is 2.21. The maximum Gasteiger partial charge on any atom is 0.0197 e. The molecule has 0 spiro atoms. The Morgan fingerprint density at radius 2 is 1.73 bits per heavy atom. The lowest BCUT2D eigenvalue weighted by Crippen LogP contribution is -2.38. The van der Waals surface area contributed by atoms with E-state index in [1.807, 2.05) is 0 Å². The van der Waals surface area contributed by atoms with Crippen LogP contribution in [-0.2, 0) is 0 Å². The van der Waals surface area contributed by atoms with Gasteiger partial charge in [0.05, 0.1) is 0 Å². The predicted molar refractivity (Wildman–Crippen MR) is 54.1 cm³/mol. The normalized spacial score (nSPS) is 26.7. The molecule has 1 fully saturated rings. The molecule has 0 radical (unpaired) electrons. The Labute approximate surface area is 78.9 Å². The lowest BCUT2D eigenvalue weighted by Gasteiger charge is -2.46. The number of rotatable bonds is 2. The van der Waals surface area contributed by atoms with Crippen molar-refractivity contribution in [3.63, 3.8) is 0 Å². The standard InChI is InChI=1S/C10H19Br/c1-7(2)9(11)8-5-10(3,4)6-8/h7-9H,5-6H2,1-4H3. The molecule has 0 heterocycles. The molecule has 1 aliphatic carbocycles. The predicted octanol–water partition coefficient (Wildman–Crippen LogP) is 3.84. The fourth-order valence-electron chi connectivity index (χ4n) is 2.13. The zero-order valence-electron chi connectivity index (χ0n) is 8.02. The largest absolute Gasteiger partial charge is 0.0885 e. The van der Waals surface area contributed by atoms with E-state index in [0.717, 1.165) is 16.7 Å². The van der Waals surface area contributed by atoms with Crippen LogP contribution in [0.2, 0.25) is 0 Å². The summed E-state index contributed by atoms with van der Waals surface area (Å²) < 4.78 is 0. The quantitative estimate of drug-likeness (QED) is 0.619. The van der Waals surface area contributed by atoms with Crippen LogP contribution in [0.25, 0.3) is 0 Å². The summed E-state index contributed by atoms with van der Waals surface area (Å²) in [5, 5.41) is 0. The minimum absolute atomic E-state index is 0.631. The maximum atomic E-state index is 3.77. The summed E-state index contributed by atoms with van der Waals surface area (Å²) in [7, 11) is 0. The minimum atomic E-state index is 0.631. The highest BCUT2D eigenvalue weighted by Gasteiger charge is 2.40. The lowest BCUT2D eigenvalue weighted by atomic mass is 9.62. The van der Waals surface area contributed by atoms with Crippen molar-refractivity contribution in [3.8, 4) is 0 Å². The highest BCUT2D eigenvalue weighted by Crippen LogP contribution is 2.49. The number of hydrogen-bond acceptors (Lipinski definition) is 0. The molecule has 1 unspecified atom stereocenters. The molecule has 0 aromatic carbocycles. The van der Waals surface area contributed by atoms with Crippen LogP contribution in [0, 0.1) is 17.3 Å². The van der Waals surface area contributed by atoms with Crippen molar-refractivity contribution in [2.75, 3.05) is 0 Å². The molecule has 1 aliphatic rings. The van der Waals surface area contributed by atoms with E-state index in [-0.39, 0.29) is 0 Å². The van der Waals surface area contributed by atoms with Gasteiger partial charge in [-0.2, -0.15) is 0 Å². The smallest absolute Gasteiger partial charge is 0.0197 e. The lowest BCUT2D eigenvalue weighted by molar-refractivity contribution is 0.0869. The van der Waals surface area contributed by atoms with Gasteiger partial charge in [-0.3, -0.25) is 0 Å². The number of halogens is 1. The van der Waals surface area contributed by atoms with Crippen molar-refractivity contribution >= 4 is 15.9 Å². The zero-order valence-corrected chi connectivity index (χ0v) is 9.61. The van der Waals surface area contributed by atoms with Gasteiger partial charge in [-0.15, -0.1) is 0 Å². The molecule has 0 bridgehead atoms. The maximum absolute atomic E-state index is 3.77. The second-order valence-electron chi connectivity index (χ2n) is 5.02. The minimum Gasteiger partial charge on any atom is -0.0885 e. The van der Waals surface area contributed by atoms with E-state index < -0.39 is 0 Å². The number of hydrogen-bond donors (Lipinski definition) is 0. The van der Waals surface area contributed by atoms with Crippen LogP contribution in [0.3, 0.4) is 0 Å². The Bertz CT molecular complexity index is 130. The van der Waals surface area contributed by atoms with E-state index in [0.29, 0.717) is 5.41 Å². The topological polar surface area (TPSA) is 0 Å². The van der Waals surface area contributed by atoms with E-state index in [2.05, 4.69) is 43.6 Å². The van der Waals surface area contributed by atoms with E-state index >= 15 is 0 Å². The van der Waals surface area contributed by atoms with Gasteiger partial charge in [0.2, 0.25) is 0 Å². The molecule has 1 saturated carbocycles. The molecule has 0 N–H and O–H groups in total. The SMILES string of the molecule is CC(C)C(Br)C1CC(C)(C)C1. The third-order valence-electron chi connectivity index (χ3n) is 2.72. The molecular weight excluding hydrogens is 200 g/mol. The van der Waals surface area contributed by atoms with E-state index in [1.165, 1.54) is 12.8 Å².